The number of amides is 1. The van der Waals surface area contributed by atoms with Crippen LogP contribution in [0.25, 0.3) is 0 Å². The number of hydrogen-bond donors (Lipinski definition) is 1. The van der Waals surface area contributed by atoms with Crippen LogP contribution in [0.2, 0.25) is 0 Å². The third kappa shape index (κ3) is 3.95. The lowest BCUT2D eigenvalue weighted by atomic mass is 9.89. The Kier molecular flexibility index (Phi) is 4.86. The molecule has 1 heterocycles. The van der Waals surface area contributed by atoms with Crippen molar-refractivity contribution in [2.75, 3.05) is 6.54 Å². The van der Waals surface area contributed by atoms with Crippen LogP contribution in [-0.4, -0.2) is 29.5 Å². The van der Waals surface area contributed by atoms with Gasteiger partial charge >= 0.3 is 0 Å². The summed E-state index contributed by atoms with van der Waals surface area (Å²) in [6, 6.07) is 0. The highest BCUT2D eigenvalue weighted by Gasteiger charge is 2.28. The number of rotatable bonds is 3. The van der Waals surface area contributed by atoms with E-state index in [1.54, 1.807) is 0 Å². The van der Waals surface area contributed by atoms with Crippen molar-refractivity contribution >= 4 is 21.8 Å². The van der Waals surface area contributed by atoms with Crippen molar-refractivity contribution < 1.29 is 9.53 Å². The summed E-state index contributed by atoms with van der Waals surface area (Å²) >= 11 is 3.67. The van der Waals surface area contributed by atoms with E-state index in [4.69, 9.17) is 4.74 Å². The Bertz CT molecular complexity index is 272. The van der Waals surface area contributed by atoms with Gasteiger partial charge in [0.25, 0.3) is 0 Å². The second-order valence-electron chi connectivity index (χ2n) is 5.39. The summed E-state index contributed by atoms with van der Waals surface area (Å²) in [5.74, 6) is 0.724. The first-order valence-corrected chi connectivity index (χ1v) is 7.64. The van der Waals surface area contributed by atoms with Gasteiger partial charge in [0.05, 0.1) is 6.10 Å². The maximum absolute atomic E-state index is 11.9. The fourth-order valence-electron chi connectivity index (χ4n) is 2.77. The van der Waals surface area contributed by atoms with Crippen molar-refractivity contribution in [2.24, 2.45) is 5.92 Å². The number of carbonyl (C=O) groups is 1. The first-order chi connectivity index (χ1) is 8.15. The number of carbonyl (C=O) groups excluding carboxylic acids is 1. The van der Waals surface area contributed by atoms with E-state index in [9.17, 15) is 4.79 Å². The Balaban J connectivity index is 1.69. The molecule has 3 nitrogen and oxygen atoms in total. The van der Waals surface area contributed by atoms with Crippen molar-refractivity contribution in [3.63, 3.8) is 0 Å². The van der Waals surface area contributed by atoms with Gasteiger partial charge in [0, 0.05) is 11.4 Å². The van der Waals surface area contributed by atoms with E-state index in [-0.39, 0.29) is 18.1 Å². The van der Waals surface area contributed by atoms with Gasteiger partial charge in [-0.1, -0.05) is 22.4 Å². The van der Waals surface area contributed by atoms with Crippen molar-refractivity contribution in [1.82, 2.24) is 5.32 Å². The van der Waals surface area contributed by atoms with Crippen LogP contribution in [0, 0.1) is 5.92 Å². The minimum Gasteiger partial charge on any atom is -0.365 e. The SMILES string of the molecule is CC1CCC(C(=O)NCC2CCCC(Br)C2)O1. The van der Waals surface area contributed by atoms with Crippen LogP contribution in [0.5, 0.6) is 0 Å². The Morgan fingerprint density at radius 2 is 2.18 bits per heavy atom. The molecule has 1 saturated heterocycles. The number of halogens is 1. The predicted molar refractivity (Wildman–Crippen MR) is 71.3 cm³/mol. The van der Waals surface area contributed by atoms with Gasteiger partial charge in [0.1, 0.15) is 6.10 Å². The highest BCUT2D eigenvalue weighted by atomic mass is 79.9. The highest BCUT2D eigenvalue weighted by Crippen LogP contribution is 2.28. The zero-order valence-electron chi connectivity index (χ0n) is 10.5. The van der Waals surface area contributed by atoms with Gasteiger partial charge in [0.15, 0.2) is 0 Å². The van der Waals surface area contributed by atoms with Gasteiger partial charge in [-0.15, -0.1) is 0 Å². The molecule has 0 aromatic heterocycles. The molecule has 4 unspecified atom stereocenters. The van der Waals surface area contributed by atoms with Crippen LogP contribution in [0.3, 0.4) is 0 Å². The molecule has 1 aliphatic carbocycles. The summed E-state index contributed by atoms with van der Waals surface area (Å²) in [6.07, 6.45) is 6.89. The van der Waals surface area contributed by atoms with E-state index in [2.05, 4.69) is 21.2 Å². The lowest BCUT2D eigenvalue weighted by Crippen LogP contribution is -2.38. The Hall–Kier alpha value is -0.0900. The maximum Gasteiger partial charge on any atom is 0.249 e. The van der Waals surface area contributed by atoms with Crippen molar-refractivity contribution in [2.45, 2.75) is 62.5 Å². The third-order valence-corrected chi connectivity index (χ3v) is 4.64. The van der Waals surface area contributed by atoms with E-state index >= 15 is 0 Å². The molecule has 2 aliphatic rings. The summed E-state index contributed by atoms with van der Waals surface area (Å²) in [4.78, 5) is 12.5. The Morgan fingerprint density at radius 1 is 1.35 bits per heavy atom. The van der Waals surface area contributed by atoms with Crippen LogP contribution < -0.4 is 5.32 Å². The molecular weight excluding hydrogens is 282 g/mol. The van der Waals surface area contributed by atoms with Crippen molar-refractivity contribution in [1.29, 1.82) is 0 Å². The smallest absolute Gasteiger partial charge is 0.249 e. The Labute approximate surface area is 112 Å². The predicted octanol–water partition coefficient (Wildman–Crippen LogP) is 2.62. The third-order valence-electron chi connectivity index (χ3n) is 3.81. The molecule has 4 atom stereocenters. The van der Waals surface area contributed by atoms with Crippen LogP contribution >= 0.6 is 15.9 Å². The molecule has 1 N–H and O–H groups in total. The van der Waals surface area contributed by atoms with Crippen LogP contribution in [0.1, 0.15) is 45.4 Å². The molecule has 1 saturated carbocycles. The quantitative estimate of drug-likeness (QED) is 0.814. The molecule has 0 bridgehead atoms. The molecule has 98 valence electrons. The molecule has 0 radical (unpaired) electrons. The van der Waals surface area contributed by atoms with Crippen molar-refractivity contribution in [3.8, 4) is 0 Å². The van der Waals surface area contributed by atoms with E-state index in [1.165, 1.54) is 25.7 Å². The number of alkyl halides is 1. The molecular formula is C13H22BrNO2. The maximum atomic E-state index is 11.9. The summed E-state index contributed by atoms with van der Waals surface area (Å²) in [5, 5.41) is 3.05. The molecule has 4 heteroatoms. The summed E-state index contributed by atoms with van der Waals surface area (Å²) < 4.78 is 5.56. The zero-order valence-corrected chi connectivity index (χ0v) is 12.0. The van der Waals surface area contributed by atoms with Crippen LogP contribution in [-0.2, 0) is 9.53 Å². The van der Waals surface area contributed by atoms with Gasteiger partial charge in [-0.2, -0.15) is 0 Å². The molecule has 0 spiro atoms. The van der Waals surface area contributed by atoms with Gasteiger partial charge in [0.2, 0.25) is 5.91 Å². The molecule has 17 heavy (non-hydrogen) atoms. The van der Waals surface area contributed by atoms with E-state index in [0.29, 0.717) is 10.7 Å². The average molecular weight is 304 g/mol. The first kappa shape index (κ1) is 13.3. The zero-order chi connectivity index (χ0) is 12.3. The topological polar surface area (TPSA) is 38.3 Å². The molecule has 2 fully saturated rings. The van der Waals surface area contributed by atoms with Gasteiger partial charge < -0.3 is 10.1 Å². The normalized spacial score (nSPS) is 38.0. The number of nitrogens with one attached hydrogen (secondary N) is 1. The van der Waals surface area contributed by atoms with E-state index in [0.717, 1.165) is 19.4 Å². The van der Waals surface area contributed by atoms with E-state index in [1.807, 2.05) is 6.92 Å². The monoisotopic (exact) mass is 303 g/mol. The Morgan fingerprint density at radius 3 is 2.82 bits per heavy atom. The second-order valence-corrected chi connectivity index (χ2v) is 6.68. The minimum atomic E-state index is -0.201. The fourth-order valence-corrected chi connectivity index (χ4v) is 3.62. The number of ether oxygens (including phenoxy) is 1. The molecule has 1 aliphatic heterocycles. The first-order valence-electron chi connectivity index (χ1n) is 6.72. The number of hydrogen-bond acceptors (Lipinski definition) is 2. The minimum absolute atomic E-state index is 0.0889. The average Bonchev–Trinajstić information content (AvgIpc) is 2.73. The lowest BCUT2D eigenvalue weighted by Gasteiger charge is -2.26. The summed E-state index contributed by atoms with van der Waals surface area (Å²) in [7, 11) is 0. The molecule has 0 aromatic rings. The van der Waals surface area contributed by atoms with Gasteiger partial charge in [-0.05, 0) is 44.9 Å². The fraction of sp³-hybridized carbons (Fsp3) is 0.923. The van der Waals surface area contributed by atoms with Crippen LogP contribution in [0.15, 0.2) is 0 Å². The molecule has 2 rings (SSSR count). The largest absolute Gasteiger partial charge is 0.365 e. The van der Waals surface area contributed by atoms with Gasteiger partial charge in [-0.25, -0.2) is 0 Å². The lowest BCUT2D eigenvalue weighted by molar-refractivity contribution is -0.131. The summed E-state index contributed by atoms with van der Waals surface area (Å²) in [6.45, 7) is 2.85. The summed E-state index contributed by atoms with van der Waals surface area (Å²) in [5.41, 5.74) is 0. The van der Waals surface area contributed by atoms with Gasteiger partial charge in [-0.3, -0.25) is 4.79 Å². The highest BCUT2D eigenvalue weighted by molar-refractivity contribution is 9.09. The van der Waals surface area contributed by atoms with E-state index < -0.39 is 0 Å². The second kappa shape index (κ2) is 6.19. The molecule has 1 amide bonds. The standard InChI is InChI=1S/C13H22BrNO2/c1-9-5-6-12(17-9)13(16)15-8-10-3-2-4-11(14)7-10/h9-12H,2-8H2,1H3,(H,15,16). The van der Waals surface area contributed by atoms with Crippen molar-refractivity contribution in [3.05, 3.63) is 0 Å². The van der Waals surface area contributed by atoms with Crippen LogP contribution in [0.4, 0.5) is 0 Å². The molecule has 0 aromatic carbocycles.